The molecule has 1 unspecified atom stereocenters. The third-order valence-corrected chi connectivity index (χ3v) is 5.01. The highest BCUT2D eigenvalue weighted by molar-refractivity contribution is 4.88. The second-order valence-corrected chi connectivity index (χ2v) is 6.56. The average Bonchev–Trinajstić information content (AvgIpc) is 2.45. The van der Waals surface area contributed by atoms with E-state index < -0.39 is 0 Å². The molecule has 0 radical (unpaired) electrons. The second-order valence-electron chi connectivity index (χ2n) is 6.56. The molecule has 0 aliphatic heterocycles. The Kier molecular flexibility index (Phi) is 7.33. The van der Waals surface area contributed by atoms with Crippen LogP contribution in [0.25, 0.3) is 0 Å². The van der Waals surface area contributed by atoms with Crippen molar-refractivity contribution >= 4 is 0 Å². The Morgan fingerprint density at radius 3 is 2.47 bits per heavy atom. The number of hydrogen-bond donors (Lipinski definition) is 1. The van der Waals surface area contributed by atoms with Crippen molar-refractivity contribution in [2.45, 2.75) is 58.9 Å². The number of hydrogen-bond acceptors (Lipinski definition) is 3. The van der Waals surface area contributed by atoms with Gasteiger partial charge < -0.3 is 9.84 Å². The average molecular weight is 271 g/mol. The lowest BCUT2D eigenvalue weighted by Crippen LogP contribution is -2.46. The van der Waals surface area contributed by atoms with E-state index in [1.807, 2.05) is 0 Å². The monoisotopic (exact) mass is 271 g/mol. The van der Waals surface area contributed by atoms with Crippen LogP contribution < -0.4 is 0 Å². The summed E-state index contributed by atoms with van der Waals surface area (Å²) in [5.74, 6) is 0.829. The largest absolute Gasteiger partial charge is 0.396 e. The van der Waals surface area contributed by atoms with Crippen LogP contribution in [0.2, 0.25) is 0 Å². The molecule has 0 heterocycles. The molecular formula is C16H33NO2. The Hall–Kier alpha value is -0.120. The maximum atomic E-state index is 9.90. The summed E-state index contributed by atoms with van der Waals surface area (Å²) in [6.45, 7) is 9.96. The lowest BCUT2D eigenvalue weighted by atomic mass is 9.71. The molecule has 0 amide bonds. The predicted octanol–water partition coefficient (Wildman–Crippen LogP) is 2.92. The molecule has 1 rings (SSSR count). The fourth-order valence-corrected chi connectivity index (χ4v) is 3.09. The van der Waals surface area contributed by atoms with Crippen LogP contribution in [0.5, 0.6) is 0 Å². The SMILES string of the molecule is CCC(C)N(CCOC)CC1(CO)CCC(C)CC1. The molecule has 19 heavy (non-hydrogen) atoms. The quantitative estimate of drug-likeness (QED) is 0.737. The van der Waals surface area contributed by atoms with Crippen molar-refractivity contribution in [3.63, 3.8) is 0 Å². The molecule has 1 saturated carbocycles. The van der Waals surface area contributed by atoms with Crippen molar-refractivity contribution in [1.29, 1.82) is 0 Å². The number of nitrogens with zero attached hydrogens (tertiary/aromatic N) is 1. The normalized spacial score (nSPS) is 29.7. The van der Waals surface area contributed by atoms with Gasteiger partial charge in [-0.3, -0.25) is 4.90 Å². The van der Waals surface area contributed by atoms with Gasteiger partial charge in [0, 0.05) is 38.3 Å². The van der Waals surface area contributed by atoms with Gasteiger partial charge in [0.05, 0.1) is 6.61 Å². The third-order valence-electron chi connectivity index (χ3n) is 5.01. The van der Waals surface area contributed by atoms with E-state index in [2.05, 4.69) is 25.7 Å². The molecule has 0 spiro atoms. The fourth-order valence-electron chi connectivity index (χ4n) is 3.09. The summed E-state index contributed by atoms with van der Waals surface area (Å²) in [4.78, 5) is 2.51. The highest BCUT2D eigenvalue weighted by Gasteiger charge is 2.35. The van der Waals surface area contributed by atoms with Crippen LogP contribution in [0.4, 0.5) is 0 Å². The highest BCUT2D eigenvalue weighted by Crippen LogP contribution is 2.39. The van der Waals surface area contributed by atoms with Gasteiger partial charge in [0.1, 0.15) is 0 Å². The van der Waals surface area contributed by atoms with Crippen LogP contribution in [-0.2, 0) is 4.74 Å². The lowest BCUT2D eigenvalue weighted by Gasteiger charge is -2.43. The number of aliphatic hydroxyl groups is 1. The summed E-state index contributed by atoms with van der Waals surface area (Å²) in [6, 6.07) is 0.568. The van der Waals surface area contributed by atoms with Gasteiger partial charge in [-0.05, 0) is 32.1 Å². The molecule has 1 atom stereocenters. The highest BCUT2D eigenvalue weighted by atomic mass is 16.5. The van der Waals surface area contributed by atoms with E-state index in [4.69, 9.17) is 4.74 Å². The first-order chi connectivity index (χ1) is 9.06. The van der Waals surface area contributed by atoms with E-state index in [1.165, 1.54) is 25.7 Å². The van der Waals surface area contributed by atoms with Crippen molar-refractivity contribution in [1.82, 2.24) is 4.90 Å². The van der Waals surface area contributed by atoms with Crippen molar-refractivity contribution in [2.24, 2.45) is 11.3 Å². The first kappa shape index (κ1) is 16.9. The predicted molar refractivity (Wildman–Crippen MR) is 80.4 cm³/mol. The van der Waals surface area contributed by atoms with Gasteiger partial charge in [0.2, 0.25) is 0 Å². The molecule has 1 aliphatic rings. The molecule has 3 heteroatoms. The summed E-state index contributed by atoms with van der Waals surface area (Å²) in [7, 11) is 1.76. The van der Waals surface area contributed by atoms with Crippen LogP contribution in [0, 0.1) is 11.3 Å². The van der Waals surface area contributed by atoms with Crippen molar-refractivity contribution < 1.29 is 9.84 Å². The number of methoxy groups -OCH3 is 1. The van der Waals surface area contributed by atoms with Crippen molar-refractivity contribution in [3.05, 3.63) is 0 Å². The summed E-state index contributed by atoms with van der Waals surface area (Å²) < 4.78 is 5.24. The zero-order valence-corrected chi connectivity index (χ0v) is 13.3. The minimum Gasteiger partial charge on any atom is -0.396 e. The number of aliphatic hydroxyl groups excluding tert-OH is 1. The van der Waals surface area contributed by atoms with E-state index in [-0.39, 0.29) is 5.41 Å². The summed E-state index contributed by atoms with van der Waals surface area (Å²) >= 11 is 0. The van der Waals surface area contributed by atoms with Gasteiger partial charge in [-0.25, -0.2) is 0 Å². The minimum atomic E-state index is 0.129. The zero-order valence-electron chi connectivity index (χ0n) is 13.3. The molecule has 1 aliphatic carbocycles. The molecule has 0 aromatic rings. The first-order valence-electron chi connectivity index (χ1n) is 7.90. The van der Waals surface area contributed by atoms with Crippen LogP contribution in [0.15, 0.2) is 0 Å². The van der Waals surface area contributed by atoms with Crippen LogP contribution in [0.1, 0.15) is 52.9 Å². The molecule has 114 valence electrons. The zero-order chi connectivity index (χ0) is 14.3. The maximum absolute atomic E-state index is 9.90. The lowest BCUT2D eigenvalue weighted by molar-refractivity contribution is 0.00876. The van der Waals surface area contributed by atoms with Crippen LogP contribution in [-0.4, -0.2) is 49.5 Å². The Labute approximate surface area is 119 Å². The molecule has 0 bridgehead atoms. The van der Waals surface area contributed by atoms with E-state index in [0.29, 0.717) is 12.6 Å². The third kappa shape index (κ3) is 5.05. The molecule has 0 aromatic carbocycles. The van der Waals surface area contributed by atoms with E-state index in [1.54, 1.807) is 7.11 Å². The summed E-state index contributed by atoms with van der Waals surface area (Å²) in [5, 5.41) is 9.90. The van der Waals surface area contributed by atoms with Crippen LogP contribution >= 0.6 is 0 Å². The van der Waals surface area contributed by atoms with Gasteiger partial charge in [-0.15, -0.1) is 0 Å². The van der Waals surface area contributed by atoms with Gasteiger partial charge in [0.25, 0.3) is 0 Å². The maximum Gasteiger partial charge on any atom is 0.0589 e. The van der Waals surface area contributed by atoms with Crippen molar-refractivity contribution in [2.75, 3.05) is 33.4 Å². The number of rotatable bonds is 8. The first-order valence-corrected chi connectivity index (χ1v) is 7.90. The topological polar surface area (TPSA) is 32.7 Å². The van der Waals surface area contributed by atoms with Gasteiger partial charge in [-0.1, -0.05) is 26.7 Å². The summed E-state index contributed by atoms with van der Waals surface area (Å²) in [6.07, 6.45) is 6.02. The molecule has 0 aromatic heterocycles. The summed E-state index contributed by atoms with van der Waals surface area (Å²) in [5.41, 5.74) is 0.129. The molecule has 1 fully saturated rings. The molecular weight excluding hydrogens is 238 g/mol. The fraction of sp³-hybridized carbons (Fsp3) is 1.00. The number of ether oxygens (including phenoxy) is 1. The Balaban J connectivity index is 2.63. The van der Waals surface area contributed by atoms with E-state index in [9.17, 15) is 5.11 Å². The molecule has 1 N–H and O–H groups in total. The standard InChI is InChI=1S/C16H33NO2/c1-5-15(3)17(10-11-19-4)12-16(13-18)8-6-14(2)7-9-16/h14-15,18H,5-13H2,1-4H3. The van der Waals surface area contributed by atoms with Crippen molar-refractivity contribution in [3.8, 4) is 0 Å². The van der Waals surface area contributed by atoms with E-state index >= 15 is 0 Å². The Morgan fingerprint density at radius 2 is 2.00 bits per heavy atom. The van der Waals surface area contributed by atoms with E-state index in [0.717, 1.165) is 32.0 Å². The smallest absolute Gasteiger partial charge is 0.0589 e. The second kappa shape index (κ2) is 8.23. The Morgan fingerprint density at radius 1 is 1.37 bits per heavy atom. The molecule has 0 saturated heterocycles. The molecule has 3 nitrogen and oxygen atoms in total. The minimum absolute atomic E-state index is 0.129. The Bertz CT molecular complexity index is 237. The van der Waals surface area contributed by atoms with Crippen LogP contribution in [0.3, 0.4) is 0 Å². The van der Waals surface area contributed by atoms with Gasteiger partial charge in [-0.2, -0.15) is 0 Å². The van der Waals surface area contributed by atoms with Gasteiger partial charge in [0.15, 0.2) is 0 Å². The van der Waals surface area contributed by atoms with Gasteiger partial charge >= 0.3 is 0 Å².